The minimum Gasteiger partial charge on any atom is -0.436 e. The van der Waals surface area contributed by atoms with Crippen molar-refractivity contribution in [3.05, 3.63) is 70.8 Å². The minimum absolute atomic E-state index is 0.104. The SMILES string of the molecule is Cc1cc2c(-c3ccccc3Cl)n[nH]c2nc1Oc1ccc(F)cc1F. The molecule has 4 aromatic rings. The zero-order chi connectivity index (χ0) is 18.3. The van der Waals surface area contributed by atoms with Crippen molar-refractivity contribution in [2.24, 2.45) is 0 Å². The van der Waals surface area contributed by atoms with E-state index >= 15 is 0 Å². The number of aryl methyl sites for hydroxylation is 1. The predicted molar refractivity (Wildman–Crippen MR) is 95.5 cm³/mol. The summed E-state index contributed by atoms with van der Waals surface area (Å²) in [6.07, 6.45) is 0. The first-order chi connectivity index (χ1) is 12.5. The first-order valence-electron chi connectivity index (χ1n) is 7.76. The Kier molecular flexibility index (Phi) is 4.05. The Morgan fingerprint density at radius 1 is 1.08 bits per heavy atom. The molecule has 0 saturated carbocycles. The molecule has 0 fully saturated rings. The average molecular weight is 372 g/mol. The lowest BCUT2D eigenvalue weighted by Crippen LogP contribution is -1.95. The van der Waals surface area contributed by atoms with Crippen molar-refractivity contribution in [1.29, 1.82) is 0 Å². The van der Waals surface area contributed by atoms with Crippen molar-refractivity contribution >= 4 is 22.6 Å². The molecule has 7 heteroatoms. The topological polar surface area (TPSA) is 50.8 Å². The van der Waals surface area contributed by atoms with E-state index in [1.54, 1.807) is 13.0 Å². The summed E-state index contributed by atoms with van der Waals surface area (Å²) in [7, 11) is 0. The number of nitrogens with one attached hydrogen (secondary N) is 1. The van der Waals surface area contributed by atoms with Crippen molar-refractivity contribution in [2.75, 3.05) is 0 Å². The second-order valence-corrected chi connectivity index (χ2v) is 6.14. The van der Waals surface area contributed by atoms with Crippen molar-refractivity contribution < 1.29 is 13.5 Å². The van der Waals surface area contributed by atoms with Crippen LogP contribution in [0.1, 0.15) is 5.56 Å². The van der Waals surface area contributed by atoms with Gasteiger partial charge in [0.2, 0.25) is 5.88 Å². The molecule has 0 aliphatic rings. The molecule has 0 aliphatic carbocycles. The van der Waals surface area contributed by atoms with E-state index in [0.29, 0.717) is 21.9 Å². The van der Waals surface area contributed by atoms with Crippen LogP contribution in [-0.2, 0) is 0 Å². The summed E-state index contributed by atoms with van der Waals surface area (Å²) in [6.45, 7) is 1.78. The summed E-state index contributed by atoms with van der Waals surface area (Å²) in [5.74, 6) is -1.37. The van der Waals surface area contributed by atoms with Gasteiger partial charge in [0.15, 0.2) is 17.2 Å². The molecular formula is C19H12ClF2N3O. The Bertz CT molecular complexity index is 1130. The molecule has 0 radical (unpaired) electrons. The minimum atomic E-state index is -0.798. The van der Waals surface area contributed by atoms with E-state index in [2.05, 4.69) is 15.2 Å². The fraction of sp³-hybridized carbons (Fsp3) is 0.0526. The third-order valence-electron chi connectivity index (χ3n) is 3.92. The zero-order valence-electron chi connectivity index (χ0n) is 13.6. The number of halogens is 3. The molecule has 0 aliphatic heterocycles. The van der Waals surface area contributed by atoms with E-state index in [1.807, 2.05) is 24.3 Å². The van der Waals surface area contributed by atoms with Gasteiger partial charge in [-0.3, -0.25) is 5.10 Å². The van der Waals surface area contributed by atoms with Crippen LogP contribution in [0.2, 0.25) is 5.02 Å². The van der Waals surface area contributed by atoms with Gasteiger partial charge in [-0.2, -0.15) is 10.1 Å². The molecule has 4 rings (SSSR count). The van der Waals surface area contributed by atoms with Crippen LogP contribution >= 0.6 is 11.6 Å². The first-order valence-corrected chi connectivity index (χ1v) is 8.14. The van der Waals surface area contributed by atoms with Gasteiger partial charge in [-0.15, -0.1) is 0 Å². The van der Waals surface area contributed by atoms with E-state index < -0.39 is 11.6 Å². The number of pyridine rings is 1. The third-order valence-corrected chi connectivity index (χ3v) is 4.25. The molecule has 0 atom stereocenters. The van der Waals surface area contributed by atoms with Crippen molar-refractivity contribution in [3.8, 4) is 22.9 Å². The Morgan fingerprint density at radius 3 is 2.65 bits per heavy atom. The summed E-state index contributed by atoms with van der Waals surface area (Å²) in [5.41, 5.74) is 2.60. The molecule has 0 bridgehead atoms. The number of benzene rings is 2. The Balaban J connectivity index is 1.78. The first kappa shape index (κ1) is 16.5. The van der Waals surface area contributed by atoms with Crippen LogP contribution in [0.4, 0.5) is 8.78 Å². The zero-order valence-corrected chi connectivity index (χ0v) is 14.3. The highest BCUT2D eigenvalue weighted by atomic mass is 35.5. The standard InChI is InChI=1S/C19H12ClF2N3O/c1-10-8-13-17(12-4-2-3-5-14(12)20)24-25-18(13)23-19(10)26-16-7-6-11(21)9-15(16)22/h2-9H,1H3,(H,23,24,25). The van der Waals surface area contributed by atoms with Gasteiger partial charge in [0.25, 0.3) is 0 Å². The van der Waals surface area contributed by atoms with E-state index in [0.717, 1.165) is 23.1 Å². The summed E-state index contributed by atoms with van der Waals surface area (Å²) < 4.78 is 32.4. The van der Waals surface area contributed by atoms with Crippen molar-refractivity contribution in [2.45, 2.75) is 6.92 Å². The normalized spacial score (nSPS) is 11.1. The lowest BCUT2D eigenvalue weighted by Gasteiger charge is -2.09. The van der Waals surface area contributed by atoms with Gasteiger partial charge in [-0.25, -0.2) is 8.78 Å². The molecular weight excluding hydrogens is 360 g/mol. The van der Waals surface area contributed by atoms with Gasteiger partial charge >= 0.3 is 0 Å². The highest BCUT2D eigenvalue weighted by Crippen LogP contribution is 2.34. The van der Waals surface area contributed by atoms with Gasteiger partial charge in [0.1, 0.15) is 11.5 Å². The number of fused-ring (bicyclic) bond motifs is 1. The fourth-order valence-corrected chi connectivity index (χ4v) is 2.88. The monoisotopic (exact) mass is 371 g/mol. The van der Waals surface area contributed by atoms with Crippen LogP contribution in [0.3, 0.4) is 0 Å². The summed E-state index contributed by atoms with van der Waals surface area (Å²) >= 11 is 6.25. The van der Waals surface area contributed by atoms with Gasteiger partial charge < -0.3 is 4.74 Å². The molecule has 2 heterocycles. The molecule has 2 aromatic heterocycles. The van der Waals surface area contributed by atoms with Crippen LogP contribution in [0, 0.1) is 18.6 Å². The summed E-state index contributed by atoms with van der Waals surface area (Å²) in [4.78, 5) is 4.37. The van der Waals surface area contributed by atoms with Gasteiger partial charge in [-0.1, -0.05) is 29.8 Å². The maximum absolute atomic E-state index is 13.8. The number of nitrogens with zero attached hydrogens (tertiary/aromatic N) is 2. The molecule has 0 saturated heterocycles. The van der Waals surface area contributed by atoms with E-state index in [1.165, 1.54) is 6.07 Å². The number of aromatic nitrogens is 3. The van der Waals surface area contributed by atoms with Crippen molar-refractivity contribution in [3.63, 3.8) is 0 Å². The summed E-state index contributed by atoms with van der Waals surface area (Å²) in [6, 6.07) is 12.3. The van der Waals surface area contributed by atoms with Gasteiger partial charge in [-0.05, 0) is 31.2 Å². The molecule has 0 spiro atoms. The van der Waals surface area contributed by atoms with E-state index in [-0.39, 0.29) is 11.6 Å². The van der Waals surface area contributed by atoms with E-state index in [4.69, 9.17) is 16.3 Å². The molecule has 1 N–H and O–H groups in total. The third kappa shape index (κ3) is 2.88. The number of hydrogen-bond acceptors (Lipinski definition) is 3. The van der Waals surface area contributed by atoms with Gasteiger partial charge in [0.05, 0.1) is 5.02 Å². The van der Waals surface area contributed by atoms with E-state index in [9.17, 15) is 8.78 Å². The van der Waals surface area contributed by atoms with Crippen LogP contribution in [0.25, 0.3) is 22.3 Å². The van der Waals surface area contributed by atoms with Crippen LogP contribution in [0.5, 0.6) is 11.6 Å². The largest absolute Gasteiger partial charge is 0.436 e. The Morgan fingerprint density at radius 2 is 1.88 bits per heavy atom. The van der Waals surface area contributed by atoms with Crippen LogP contribution in [-0.4, -0.2) is 15.2 Å². The summed E-state index contributed by atoms with van der Waals surface area (Å²) in [5, 5.41) is 8.47. The lowest BCUT2D eigenvalue weighted by atomic mass is 10.1. The quantitative estimate of drug-likeness (QED) is 0.505. The van der Waals surface area contributed by atoms with Gasteiger partial charge in [0, 0.05) is 22.6 Å². The highest BCUT2D eigenvalue weighted by molar-refractivity contribution is 6.33. The van der Waals surface area contributed by atoms with Crippen LogP contribution < -0.4 is 4.74 Å². The number of hydrogen-bond donors (Lipinski definition) is 1. The van der Waals surface area contributed by atoms with Crippen molar-refractivity contribution in [1.82, 2.24) is 15.2 Å². The number of aromatic amines is 1. The van der Waals surface area contributed by atoms with Crippen LogP contribution in [0.15, 0.2) is 48.5 Å². The predicted octanol–water partition coefficient (Wildman–Crippen LogP) is 5.66. The Hall–Kier alpha value is -2.99. The molecule has 0 unspecified atom stereocenters. The maximum atomic E-state index is 13.8. The maximum Gasteiger partial charge on any atom is 0.224 e. The fourth-order valence-electron chi connectivity index (χ4n) is 2.66. The second kappa shape index (κ2) is 6.38. The molecule has 2 aromatic carbocycles. The average Bonchev–Trinajstić information content (AvgIpc) is 3.00. The molecule has 0 amide bonds. The number of rotatable bonds is 3. The number of H-pyrrole nitrogens is 1. The molecule has 26 heavy (non-hydrogen) atoms. The highest BCUT2D eigenvalue weighted by Gasteiger charge is 2.16. The molecule has 4 nitrogen and oxygen atoms in total. The number of ether oxygens (including phenoxy) is 1. The Labute approximate surface area is 152 Å². The molecule has 130 valence electrons. The lowest BCUT2D eigenvalue weighted by molar-refractivity contribution is 0.422. The smallest absolute Gasteiger partial charge is 0.224 e. The second-order valence-electron chi connectivity index (χ2n) is 5.74.